The monoisotopic (exact) mass is 1120 g/mol. The van der Waals surface area contributed by atoms with Gasteiger partial charge in [0.2, 0.25) is 53.2 Å². The van der Waals surface area contributed by atoms with Crippen LogP contribution in [0.1, 0.15) is 97.6 Å². The molecule has 428 valence electrons. The molecule has 2 aromatic carbocycles. The molecule has 0 radical (unpaired) electrons. The minimum Gasteiger partial charge on any atom is -0.480 e. The van der Waals surface area contributed by atoms with Crippen LogP contribution in [0.5, 0.6) is 0 Å². The first-order valence-corrected chi connectivity index (χ1v) is 27.7. The summed E-state index contributed by atoms with van der Waals surface area (Å²) in [6.45, 7) is 11.2. The second kappa shape index (κ2) is 31.1. The molecular weight excluding hydrogens is 1040 g/mol. The lowest BCUT2D eigenvalue weighted by molar-refractivity contribution is -0.142. The minimum atomic E-state index is -1.43. The Hall–Kier alpha value is -6.66. The van der Waals surface area contributed by atoms with Crippen molar-refractivity contribution in [2.24, 2.45) is 29.2 Å². The number of nitrogens with one attached hydrogen (secondary N) is 8. The molecule has 0 unspecified atom stereocenters. The van der Waals surface area contributed by atoms with Crippen molar-refractivity contribution in [3.05, 3.63) is 71.9 Å². The van der Waals surface area contributed by atoms with E-state index in [4.69, 9.17) is 11.5 Å². The summed E-state index contributed by atoms with van der Waals surface area (Å²) in [5.41, 5.74) is 13.4. The second-order valence-electron chi connectivity index (χ2n) is 21.1. The van der Waals surface area contributed by atoms with Crippen LogP contribution < -0.4 is 48.7 Å². The fourth-order valence-corrected chi connectivity index (χ4v) is 9.54. The topological polar surface area (TPSA) is 346 Å². The van der Waals surface area contributed by atoms with Crippen LogP contribution in [0.4, 0.5) is 0 Å². The average molecular weight is 1120 g/mol. The zero-order chi connectivity index (χ0) is 57.8. The summed E-state index contributed by atoms with van der Waals surface area (Å²) in [5.74, 6) is -8.48. The number of nitrogens with zero attached hydrogens (tertiary/aromatic N) is 1. The first-order valence-electron chi connectivity index (χ1n) is 26.4. The van der Waals surface area contributed by atoms with Gasteiger partial charge in [0.15, 0.2) is 0 Å². The van der Waals surface area contributed by atoms with Crippen LogP contribution >= 0.6 is 25.3 Å². The number of aromatic amines is 1. The zero-order valence-electron chi connectivity index (χ0n) is 45.2. The molecule has 13 N–H and O–H groups in total. The van der Waals surface area contributed by atoms with Gasteiger partial charge in [-0.15, -0.1) is 0 Å². The Kier molecular flexibility index (Phi) is 25.4. The fourth-order valence-electron chi connectivity index (χ4n) is 9.12. The van der Waals surface area contributed by atoms with Gasteiger partial charge in [0, 0.05) is 54.4 Å². The second-order valence-corrected chi connectivity index (χ2v) is 21.8. The summed E-state index contributed by atoms with van der Waals surface area (Å²) < 4.78 is 0. The number of hydrogen-bond acceptors (Lipinski definition) is 13. The zero-order valence-corrected chi connectivity index (χ0v) is 47.0. The third-order valence-electron chi connectivity index (χ3n) is 13.1. The van der Waals surface area contributed by atoms with Gasteiger partial charge in [-0.3, -0.25) is 43.2 Å². The van der Waals surface area contributed by atoms with E-state index in [1.165, 1.54) is 4.90 Å². The van der Waals surface area contributed by atoms with Gasteiger partial charge in [-0.2, -0.15) is 25.3 Å². The number of carboxylic acids is 1. The quantitative estimate of drug-likeness (QED) is 0.0402. The largest absolute Gasteiger partial charge is 0.480 e. The highest BCUT2D eigenvalue weighted by Crippen LogP contribution is 2.23. The van der Waals surface area contributed by atoms with Crippen molar-refractivity contribution in [1.29, 1.82) is 0 Å². The number of carboxylic acid groups (broad SMARTS) is 1. The molecule has 24 heteroatoms. The van der Waals surface area contributed by atoms with Crippen molar-refractivity contribution in [3.63, 3.8) is 0 Å². The Balaban J connectivity index is 1.63. The van der Waals surface area contributed by atoms with Crippen LogP contribution in [0.2, 0.25) is 0 Å². The maximum atomic E-state index is 14.7. The maximum absolute atomic E-state index is 14.7. The average Bonchev–Trinajstić information content (AvgIpc) is 4.07. The lowest BCUT2D eigenvalue weighted by Crippen LogP contribution is -2.61. The molecule has 0 bridgehead atoms. The van der Waals surface area contributed by atoms with E-state index >= 15 is 0 Å². The Morgan fingerprint density at radius 1 is 0.615 bits per heavy atom. The van der Waals surface area contributed by atoms with Crippen molar-refractivity contribution in [2.45, 2.75) is 154 Å². The van der Waals surface area contributed by atoms with Crippen molar-refractivity contribution in [3.8, 4) is 0 Å². The van der Waals surface area contributed by atoms with Gasteiger partial charge in [0.25, 0.3) is 0 Å². The number of benzene rings is 2. The van der Waals surface area contributed by atoms with E-state index in [1.54, 1.807) is 36.5 Å². The number of likely N-dealkylation sites (tertiary alicyclic amines) is 1. The number of fused-ring (bicyclic) bond motifs is 1. The van der Waals surface area contributed by atoms with Crippen molar-refractivity contribution in [2.75, 3.05) is 18.1 Å². The molecule has 4 rings (SSSR count). The standard InChI is InChI=1S/C54H79N11O11S2/c1-29(2)21-38(59-47(68)37(18-19-45(56)66)58-52(73)44-17-12-20-65(44)53(74)42(23-31(5)6)63-46(67)35(55)27-77)49(70)62-41(25-33-26-57-36-16-11-10-15-34(33)36)51(72)60-39(22-30(3)4)48(69)61-40(24-32-13-8-7-9-14-32)50(71)64-43(28-78)54(75)76/h7-11,13-16,26,29-31,35,37-44,57,77-78H,12,17-25,27-28,55H2,1-6H3,(H2,56,66)(H,58,73)(H,59,68)(H,60,72)(H,61,69)(H,62,70)(H,63,67)(H,64,71)(H,75,76)/t35-,37-,38-,39-,40-,41-,42-,43-,44-/m0/s1. The number of aliphatic carboxylic acids is 1. The number of H-pyrrole nitrogens is 1. The molecule has 0 saturated carbocycles. The lowest BCUT2D eigenvalue weighted by Gasteiger charge is -2.31. The molecule has 1 aliphatic heterocycles. The highest BCUT2D eigenvalue weighted by molar-refractivity contribution is 7.80. The number of nitrogens with two attached hydrogens (primary N) is 2. The lowest BCUT2D eigenvalue weighted by atomic mass is 9.98. The van der Waals surface area contributed by atoms with Crippen molar-refractivity contribution >= 4 is 95.3 Å². The van der Waals surface area contributed by atoms with Gasteiger partial charge in [0.05, 0.1) is 6.04 Å². The number of primary amides is 1. The summed E-state index contributed by atoms with van der Waals surface area (Å²) in [7, 11) is 0. The summed E-state index contributed by atoms with van der Waals surface area (Å²) >= 11 is 8.16. The fraction of sp³-hybridized carbons (Fsp3) is 0.556. The van der Waals surface area contributed by atoms with E-state index in [0.717, 1.165) is 10.9 Å². The Morgan fingerprint density at radius 2 is 1.10 bits per heavy atom. The summed E-state index contributed by atoms with van der Waals surface area (Å²) in [4.78, 5) is 141. The Labute approximate surface area is 466 Å². The number of thiol groups is 2. The molecule has 9 amide bonds. The SMILES string of the molecule is CC(C)C[C@H](NC(=O)[C@H](Cc1c[nH]c2ccccc12)NC(=O)[C@H](CC(C)C)NC(=O)[C@H](CCC(N)=O)NC(=O)[C@@H]1CCCN1C(=O)[C@H](CC(C)C)NC(=O)[C@@H](N)CS)C(=O)N[C@@H](Cc1ccccc1)C(=O)N[C@@H](CS)C(=O)O. The molecule has 78 heavy (non-hydrogen) atoms. The van der Waals surface area contributed by atoms with E-state index in [0.29, 0.717) is 17.5 Å². The third-order valence-corrected chi connectivity index (χ3v) is 13.9. The highest BCUT2D eigenvalue weighted by atomic mass is 32.1. The number of para-hydroxylation sites is 1. The highest BCUT2D eigenvalue weighted by Gasteiger charge is 2.40. The number of aromatic nitrogens is 1. The van der Waals surface area contributed by atoms with E-state index in [1.807, 2.05) is 65.8 Å². The van der Waals surface area contributed by atoms with Gasteiger partial charge < -0.3 is 63.7 Å². The summed E-state index contributed by atoms with van der Waals surface area (Å²) in [5, 5.41) is 29.3. The minimum absolute atomic E-state index is 0.0272. The molecule has 1 aliphatic rings. The summed E-state index contributed by atoms with van der Waals surface area (Å²) in [6.07, 6.45) is 1.99. The predicted octanol–water partition coefficient (Wildman–Crippen LogP) is 1.01. The molecule has 9 atom stereocenters. The van der Waals surface area contributed by atoms with E-state index in [-0.39, 0.29) is 87.2 Å². The molecule has 2 heterocycles. The van der Waals surface area contributed by atoms with Crippen molar-refractivity contribution in [1.82, 2.24) is 47.1 Å². The van der Waals surface area contributed by atoms with Gasteiger partial charge in [-0.05, 0) is 73.5 Å². The Bertz CT molecular complexity index is 2560. The summed E-state index contributed by atoms with van der Waals surface area (Å²) in [6, 6.07) is 4.97. The van der Waals surface area contributed by atoms with E-state index in [2.05, 4.69) is 67.5 Å². The number of amides is 9. The van der Waals surface area contributed by atoms with Gasteiger partial charge in [0.1, 0.15) is 48.3 Å². The smallest absolute Gasteiger partial charge is 0.327 e. The molecule has 0 spiro atoms. The molecule has 0 aliphatic carbocycles. The molecule has 3 aromatic rings. The first-order chi connectivity index (χ1) is 36.9. The van der Waals surface area contributed by atoms with Gasteiger partial charge in [-0.25, -0.2) is 4.79 Å². The molecule has 1 saturated heterocycles. The third kappa shape index (κ3) is 19.7. The Morgan fingerprint density at radius 3 is 1.64 bits per heavy atom. The van der Waals surface area contributed by atoms with Crippen LogP contribution in [0, 0.1) is 17.8 Å². The van der Waals surface area contributed by atoms with Gasteiger partial charge in [-0.1, -0.05) is 90.1 Å². The molecule has 22 nitrogen and oxygen atoms in total. The van der Waals surface area contributed by atoms with Crippen molar-refractivity contribution < 1.29 is 53.1 Å². The van der Waals surface area contributed by atoms with Crippen LogP contribution in [0.25, 0.3) is 10.9 Å². The van der Waals surface area contributed by atoms with E-state index < -0.39 is 114 Å². The normalized spacial score (nSPS) is 16.5. The van der Waals surface area contributed by atoms with E-state index in [9.17, 15) is 53.1 Å². The molecule has 1 aromatic heterocycles. The maximum Gasteiger partial charge on any atom is 0.327 e. The first kappa shape index (κ1) is 63.9. The van der Waals surface area contributed by atoms with Gasteiger partial charge >= 0.3 is 5.97 Å². The molecular formula is C54H79N11O11S2. The predicted molar refractivity (Wildman–Crippen MR) is 301 cm³/mol. The molecule has 1 fully saturated rings. The van der Waals surface area contributed by atoms with Crippen LogP contribution in [0.15, 0.2) is 60.8 Å². The number of carbonyl (C=O) groups excluding carboxylic acids is 9. The van der Waals surface area contributed by atoms with Crippen LogP contribution in [-0.4, -0.2) is 147 Å². The van der Waals surface area contributed by atoms with Crippen LogP contribution in [0.3, 0.4) is 0 Å². The number of hydrogen-bond donors (Lipinski definition) is 13. The number of rotatable bonds is 31. The number of carbonyl (C=O) groups is 10. The van der Waals surface area contributed by atoms with Crippen LogP contribution in [-0.2, 0) is 60.8 Å².